The maximum atomic E-state index is 12.7. The average molecular weight is 363 g/mol. The molecule has 0 radical (unpaired) electrons. The fourth-order valence-corrected chi connectivity index (χ4v) is 3.82. The summed E-state index contributed by atoms with van der Waals surface area (Å²) in [5.41, 5.74) is 0.844. The molecular formula is C19H17N5O3. The zero-order valence-corrected chi connectivity index (χ0v) is 14.6. The van der Waals surface area contributed by atoms with Gasteiger partial charge in [-0.15, -0.1) is 6.42 Å². The van der Waals surface area contributed by atoms with E-state index in [4.69, 9.17) is 6.42 Å². The van der Waals surface area contributed by atoms with Crippen molar-refractivity contribution in [2.24, 2.45) is 5.92 Å². The first-order chi connectivity index (χ1) is 13.0. The van der Waals surface area contributed by atoms with Crippen molar-refractivity contribution in [3.63, 3.8) is 0 Å². The predicted molar refractivity (Wildman–Crippen MR) is 96.0 cm³/mol. The molecule has 8 heteroatoms. The van der Waals surface area contributed by atoms with Crippen molar-refractivity contribution in [2.75, 3.05) is 6.54 Å². The molecule has 2 aromatic heterocycles. The topological polar surface area (TPSA) is 108 Å². The van der Waals surface area contributed by atoms with E-state index in [1.807, 2.05) is 0 Å². The zero-order valence-electron chi connectivity index (χ0n) is 14.6. The molecule has 0 aromatic carbocycles. The van der Waals surface area contributed by atoms with Crippen LogP contribution in [0.1, 0.15) is 38.5 Å². The van der Waals surface area contributed by atoms with Crippen LogP contribution in [0.5, 0.6) is 0 Å². The standard InChI is InChI=1S/C19H17N5O3/c1-3-13-5-4-11(7-20-13)19(27)24-8-12-6-14(24)16(12)23-18(26)15-10(2)21-9-22-17(15)25/h1,4-5,7,9,12,14,16H,6,8H2,2H3,(H,23,26)(H,21,22,25). The highest BCUT2D eigenvalue weighted by Gasteiger charge is 2.54. The highest BCUT2D eigenvalue weighted by Crippen LogP contribution is 2.41. The summed E-state index contributed by atoms with van der Waals surface area (Å²) in [5, 5.41) is 2.90. The Labute approximate surface area is 155 Å². The van der Waals surface area contributed by atoms with E-state index in [9.17, 15) is 14.4 Å². The van der Waals surface area contributed by atoms with Gasteiger partial charge < -0.3 is 15.2 Å². The first-order valence-electron chi connectivity index (χ1n) is 8.58. The molecule has 1 aliphatic carbocycles. The van der Waals surface area contributed by atoms with Crippen LogP contribution in [0.4, 0.5) is 0 Å². The molecule has 2 amide bonds. The number of carbonyl (C=O) groups is 2. The van der Waals surface area contributed by atoms with Crippen molar-refractivity contribution < 1.29 is 9.59 Å². The van der Waals surface area contributed by atoms with Crippen molar-refractivity contribution in [3.05, 3.63) is 57.5 Å². The first kappa shape index (κ1) is 17.0. The Bertz CT molecular complexity index is 1020. The second kappa shape index (κ2) is 6.36. The lowest BCUT2D eigenvalue weighted by Crippen LogP contribution is -2.55. The fraction of sp³-hybridized carbons (Fsp3) is 0.316. The molecule has 3 fully saturated rings. The van der Waals surface area contributed by atoms with Gasteiger partial charge in [-0.3, -0.25) is 14.4 Å². The molecule has 2 N–H and O–H groups in total. The molecule has 2 aliphatic heterocycles. The van der Waals surface area contributed by atoms with Crippen molar-refractivity contribution in [3.8, 4) is 12.3 Å². The summed E-state index contributed by atoms with van der Waals surface area (Å²) in [6.45, 7) is 2.18. The minimum atomic E-state index is -0.473. The summed E-state index contributed by atoms with van der Waals surface area (Å²) in [6, 6.07) is 3.03. The Morgan fingerprint density at radius 2 is 2.19 bits per heavy atom. The van der Waals surface area contributed by atoms with Gasteiger partial charge in [0.1, 0.15) is 11.3 Å². The lowest BCUT2D eigenvalue weighted by atomic mass is 9.80. The number of aromatic amines is 1. The van der Waals surface area contributed by atoms with Crippen LogP contribution in [0.15, 0.2) is 29.5 Å². The molecule has 2 bridgehead atoms. The smallest absolute Gasteiger partial charge is 0.263 e. The van der Waals surface area contributed by atoms with Crippen molar-refractivity contribution in [1.29, 1.82) is 0 Å². The average Bonchev–Trinajstić information content (AvgIpc) is 3.25. The molecule has 2 saturated heterocycles. The van der Waals surface area contributed by atoms with E-state index < -0.39 is 11.5 Å². The molecule has 3 aliphatic rings. The second-order valence-electron chi connectivity index (χ2n) is 6.79. The summed E-state index contributed by atoms with van der Waals surface area (Å²) in [4.78, 5) is 49.4. The normalized spacial score (nSPS) is 22.7. The van der Waals surface area contributed by atoms with E-state index in [1.165, 1.54) is 12.5 Å². The quantitative estimate of drug-likeness (QED) is 0.752. The number of nitrogens with zero attached hydrogens (tertiary/aromatic N) is 3. The van der Waals surface area contributed by atoms with Gasteiger partial charge in [-0.05, 0) is 25.5 Å². The van der Waals surface area contributed by atoms with Gasteiger partial charge >= 0.3 is 0 Å². The van der Waals surface area contributed by atoms with Gasteiger partial charge in [0, 0.05) is 18.7 Å². The third-order valence-electron chi connectivity index (χ3n) is 5.28. The number of terminal acetylenes is 1. The number of aryl methyl sites for hydroxylation is 1. The molecule has 27 heavy (non-hydrogen) atoms. The van der Waals surface area contributed by atoms with E-state index in [0.717, 1.165) is 6.42 Å². The van der Waals surface area contributed by atoms with Crippen LogP contribution in [-0.4, -0.2) is 50.3 Å². The van der Waals surface area contributed by atoms with Crippen LogP contribution in [0, 0.1) is 25.2 Å². The van der Waals surface area contributed by atoms with E-state index in [-0.39, 0.29) is 29.5 Å². The number of pyridine rings is 1. The SMILES string of the molecule is C#Cc1ccc(C(=O)N2CC3CC2C3NC(=O)c2c(C)nc[nH]c2=O)cn1. The fourth-order valence-electron chi connectivity index (χ4n) is 3.82. The Morgan fingerprint density at radius 1 is 1.37 bits per heavy atom. The van der Waals surface area contributed by atoms with E-state index in [1.54, 1.807) is 24.0 Å². The number of nitrogens with one attached hydrogen (secondary N) is 2. The van der Waals surface area contributed by atoms with Crippen LogP contribution in [0.3, 0.4) is 0 Å². The van der Waals surface area contributed by atoms with Crippen LogP contribution < -0.4 is 10.9 Å². The van der Waals surface area contributed by atoms with Crippen molar-refractivity contribution >= 4 is 11.8 Å². The summed E-state index contributed by atoms with van der Waals surface area (Å²) < 4.78 is 0. The van der Waals surface area contributed by atoms with Gasteiger partial charge in [-0.2, -0.15) is 0 Å². The van der Waals surface area contributed by atoms with Crippen LogP contribution in [0.25, 0.3) is 0 Å². The number of H-pyrrole nitrogens is 1. The molecule has 5 rings (SSSR count). The molecule has 2 aromatic rings. The minimum Gasteiger partial charge on any atom is -0.347 e. The Kier molecular flexibility index (Phi) is 4.00. The Balaban J connectivity index is 1.48. The molecule has 3 atom stereocenters. The van der Waals surface area contributed by atoms with Gasteiger partial charge in [-0.25, -0.2) is 9.97 Å². The van der Waals surface area contributed by atoms with Gasteiger partial charge in [0.2, 0.25) is 0 Å². The minimum absolute atomic E-state index is 0.00995. The maximum Gasteiger partial charge on any atom is 0.263 e. The van der Waals surface area contributed by atoms with Gasteiger partial charge in [-0.1, -0.05) is 5.92 Å². The van der Waals surface area contributed by atoms with Crippen molar-refractivity contribution in [1.82, 2.24) is 25.2 Å². The van der Waals surface area contributed by atoms with Crippen molar-refractivity contribution in [2.45, 2.75) is 25.4 Å². The largest absolute Gasteiger partial charge is 0.347 e. The molecule has 136 valence electrons. The highest BCUT2D eigenvalue weighted by molar-refractivity contribution is 5.96. The number of amides is 2. The number of aromatic nitrogens is 3. The maximum absolute atomic E-state index is 12.7. The number of fused-ring (bicyclic) bond motifs is 1. The third kappa shape index (κ3) is 2.77. The molecule has 0 spiro atoms. The summed E-state index contributed by atoms with van der Waals surface area (Å²) in [5.74, 6) is 2.00. The number of hydrogen-bond acceptors (Lipinski definition) is 5. The zero-order chi connectivity index (χ0) is 19.1. The van der Waals surface area contributed by atoms with Crippen LogP contribution >= 0.6 is 0 Å². The molecule has 4 heterocycles. The van der Waals surface area contributed by atoms with E-state index in [0.29, 0.717) is 23.5 Å². The molecule has 3 unspecified atom stereocenters. The summed E-state index contributed by atoms with van der Waals surface area (Å²) >= 11 is 0. The van der Waals surface area contributed by atoms with Crippen LogP contribution in [-0.2, 0) is 0 Å². The summed E-state index contributed by atoms with van der Waals surface area (Å²) in [7, 11) is 0. The number of rotatable bonds is 3. The third-order valence-corrected chi connectivity index (χ3v) is 5.28. The second-order valence-corrected chi connectivity index (χ2v) is 6.79. The molecular weight excluding hydrogens is 346 g/mol. The highest BCUT2D eigenvalue weighted by atomic mass is 16.2. The number of hydrogen-bond donors (Lipinski definition) is 2. The van der Waals surface area contributed by atoms with E-state index >= 15 is 0 Å². The van der Waals surface area contributed by atoms with Crippen LogP contribution in [0.2, 0.25) is 0 Å². The monoisotopic (exact) mass is 363 g/mol. The van der Waals surface area contributed by atoms with Gasteiger partial charge in [0.15, 0.2) is 0 Å². The molecule has 1 saturated carbocycles. The molecule has 8 nitrogen and oxygen atoms in total. The number of carbonyl (C=O) groups excluding carboxylic acids is 2. The van der Waals surface area contributed by atoms with E-state index in [2.05, 4.69) is 26.2 Å². The lowest BCUT2D eigenvalue weighted by Gasteiger charge is -2.36. The predicted octanol–water partition coefficient (Wildman–Crippen LogP) is 0.0975. The first-order valence-corrected chi connectivity index (χ1v) is 8.58. The lowest BCUT2D eigenvalue weighted by molar-refractivity contribution is 0.0698. The Hall–Kier alpha value is -3.47. The van der Waals surface area contributed by atoms with Gasteiger partial charge in [0.05, 0.1) is 29.7 Å². The Morgan fingerprint density at radius 3 is 2.85 bits per heavy atom. The van der Waals surface area contributed by atoms with Gasteiger partial charge in [0.25, 0.3) is 17.4 Å². The summed E-state index contributed by atoms with van der Waals surface area (Å²) in [6.07, 6.45) is 8.85.